The van der Waals surface area contributed by atoms with Crippen LogP contribution in [-0.2, 0) is 16.1 Å². The van der Waals surface area contributed by atoms with Crippen molar-refractivity contribution < 1.29 is 23.7 Å². The van der Waals surface area contributed by atoms with E-state index in [4.69, 9.17) is 23.9 Å². The van der Waals surface area contributed by atoms with Gasteiger partial charge in [0.05, 0.1) is 46.2 Å². The third-order valence-corrected chi connectivity index (χ3v) is 10.9. The van der Waals surface area contributed by atoms with Gasteiger partial charge in [0.25, 0.3) is 5.56 Å². The number of carbonyl (C=O) groups is 1. The van der Waals surface area contributed by atoms with Gasteiger partial charge in [-0.05, 0) is 81.8 Å². The Morgan fingerprint density at radius 2 is 1.69 bits per heavy atom. The van der Waals surface area contributed by atoms with Gasteiger partial charge in [0.1, 0.15) is 12.4 Å². The Hall–Kier alpha value is -4.72. The van der Waals surface area contributed by atoms with Crippen molar-refractivity contribution in [2.45, 2.75) is 19.6 Å². The van der Waals surface area contributed by atoms with E-state index < -0.39 is 12.0 Å². The number of aromatic nitrogens is 1. The molecular formula is C41H32BrIN2O6S. The highest BCUT2D eigenvalue weighted by Gasteiger charge is 2.35. The maximum atomic E-state index is 14.7. The number of benzene rings is 5. The standard InChI is InChI=1S/C41H32BrIN2O6S/c1-4-50-40(47)35-36(25-12-6-5-7-13-25)44-41-45(37(35)26-17-18-32(48-2)33(20-26)49-3)39(46)34(52-41)21-28-19-29(42)22-31(43)38(28)51-23-27-15-10-14-24-11-8-9-16-30(24)27/h5-22,37H,4,23H2,1-3H3/b34-21-/t37-/m0/s1. The molecule has 1 aliphatic heterocycles. The van der Waals surface area contributed by atoms with Crippen molar-refractivity contribution in [1.29, 1.82) is 0 Å². The molecule has 0 N–H and O–H groups in total. The van der Waals surface area contributed by atoms with Gasteiger partial charge in [-0.2, -0.15) is 0 Å². The molecule has 0 aliphatic carbocycles. The average Bonchev–Trinajstić information content (AvgIpc) is 3.47. The van der Waals surface area contributed by atoms with Crippen LogP contribution in [0.1, 0.15) is 35.2 Å². The van der Waals surface area contributed by atoms with Gasteiger partial charge in [-0.1, -0.05) is 106 Å². The second-order valence-electron chi connectivity index (χ2n) is 11.8. The van der Waals surface area contributed by atoms with E-state index in [0.717, 1.165) is 35.5 Å². The molecule has 52 heavy (non-hydrogen) atoms. The van der Waals surface area contributed by atoms with Crippen LogP contribution in [0.25, 0.3) is 22.5 Å². The minimum atomic E-state index is -0.878. The van der Waals surface area contributed by atoms with Crippen LogP contribution >= 0.6 is 49.9 Å². The molecular weight excluding hydrogens is 855 g/mol. The van der Waals surface area contributed by atoms with Crippen LogP contribution in [0, 0.1) is 3.57 Å². The predicted molar refractivity (Wildman–Crippen MR) is 216 cm³/mol. The highest BCUT2D eigenvalue weighted by atomic mass is 127. The molecule has 6 aromatic rings. The summed E-state index contributed by atoms with van der Waals surface area (Å²) >= 11 is 7.15. The average molecular weight is 888 g/mol. The lowest BCUT2D eigenvalue weighted by atomic mass is 9.93. The third kappa shape index (κ3) is 6.92. The molecule has 2 heterocycles. The van der Waals surface area contributed by atoms with Gasteiger partial charge < -0.3 is 18.9 Å². The van der Waals surface area contributed by atoms with Crippen molar-refractivity contribution >= 4 is 78.4 Å². The van der Waals surface area contributed by atoms with E-state index in [0.29, 0.717) is 44.4 Å². The Kier molecular flexibility index (Phi) is 10.6. The number of hydrogen-bond acceptors (Lipinski definition) is 8. The highest BCUT2D eigenvalue weighted by molar-refractivity contribution is 14.1. The van der Waals surface area contributed by atoms with Crippen molar-refractivity contribution in [2.75, 3.05) is 20.8 Å². The van der Waals surface area contributed by atoms with E-state index in [1.807, 2.05) is 72.8 Å². The van der Waals surface area contributed by atoms with Crippen LogP contribution in [0.2, 0.25) is 0 Å². The molecule has 1 aliphatic rings. The lowest BCUT2D eigenvalue weighted by Gasteiger charge is -2.26. The number of ether oxygens (including phenoxy) is 4. The normalized spacial score (nSPS) is 14.2. The van der Waals surface area contributed by atoms with Crippen molar-refractivity contribution in [3.8, 4) is 17.2 Å². The first-order valence-electron chi connectivity index (χ1n) is 16.4. The van der Waals surface area contributed by atoms with Crippen LogP contribution in [0.5, 0.6) is 17.2 Å². The van der Waals surface area contributed by atoms with E-state index in [1.54, 1.807) is 37.8 Å². The van der Waals surface area contributed by atoms with E-state index in [2.05, 4.69) is 62.8 Å². The Morgan fingerprint density at radius 1 is 0.942 bits per heavy atom. The quantitative estimate of drug-likeness (QED) is 0.102. The van der Waals surface area contributed by atoms with Crippen LogP contribution < -0.4 is 29.1 Å². The summed E-state index contributed by atoms with van der Waals surface area (Å²) < 4.78 is 27.0. The number of halogens is 2. The summed E-state index contributed by atoms with van der Waals surface area (Å²) in [5.41, 5.74) is 3.49. The second kappa shape index (κ2) is 15.5. The first-order chi connectivity index (χ1) is 25.3. The first-order valence-corrected chi connectivity index (χ1v) is 19.1. The maximum Gasteiger partial charge on any atom is 0.338 e. The van der Waals surface area contributed by atoms with E-state index in [1.165, 1.54) is 11.3 Å². The molecule has 0 radical (unpaired) electrons. The zero-order chi connectivity index (χ0) is 36.4. The minimum absolute atomic E-state index is 0.149. The molecule has 5 aromatic carbocycles. The van der Waals surface area contributed by atoms with Crippen LogP contribution in [-0.4, -0.2) is 31.4 Å². The van der Waals surface area contributed by atoms with Gasteiger partial charge in [0, 0.05) is 15.6 Å². The largest absolute Gasteiger partial charge is 0.493 e. The number of nitrogens with zero attached hydrogens (tertiary/aromatic N) is 2. The Bertz CT molecular complexity index is 2540. The third-order valence-electron chi connectivity index (χ3n) is 8.67. The summed E-state index contributed by atoms with van der Waals surface area (Å²) in [6, 6.07) is 32.2. The lowest BCUT2D eigenvalue weighted by molar-refractivity contribution is -0.138. The van der Waals surface area contributed by atoms with E-state index in [9.17, 15) is 9.59 Å². The molecule has 0 bridgehead atoms. The summed E-state index contributed by atoms with van der Waals surface area (Å²) in [7, 11) is 3.10. The number of fused-ring (bicyclic) bond motifs is 2. The molecule has 0 spiro atoms. The number of rotatable bonds is 10. The van der Waals surface area contributed by atoms with Gasteiger partial charge in [0.2, 0.25) is 0 Å². The summed E-state index contributed by atoms with van der Waals surface area (Å²) in [6.45, 7) is 2.24. The highest BCUT2D eigenvalue weighted by Crippen LogP contribution is 2.39. The van der Waals surface area contributed by atoms with Gasteiger partial charge in [-0.15, -0.1) is 0 Å². The summed E-state index contributed by atoms with van der Waals surface area (Å²) in [6.07, 6.45) is 1.83. The van der Waals surface area contributed by atoms with E-state index >= 15 is 0 Å². The number of hydrogen-bond donors (Lipinski definition) is 0. The van der Waals surface area contributed by atoms with E-state index in [-0.39, 0.29) is 17.7 Å². The monoisotopic (exact) mass is 886 g/mol. The van der Waals surface area contributed by atoms with Crippen LogP contribution in [0.3, 0.4) is 0 Å². The Balaban J connectivity index is 1.42. The first kappa shape index (κ1) is 35.7. The number of methoxy groups -OCH3 is 2. The molecule has 7 rings (SSSR count). The van der Waals surface area contributed by atoms with Crippen LogP contribution in [0.15, 0.2) is 123 Å². The van der Waals surface area contributed by atoms with Crippen LogP contribution in [0.4, 0.5) is 0 Å². The molecule has 0 saturated carbocycles. The molecule has 0 amide bonds. The van der Waals surface area contributed by atoms with Crippen molar-refractivity contribution in [2.24, 2.45) is 4.99 Å². The Labute approximate surface area is 325 Å². The van der Waals surface area contributed by atoms with Crippen molar-refractivity contribution in [3.05, 3.63) is 159 Å². The SMILES string of the molecule is CCOC(=O)C1=C(c2ccccc2)N=c2s/c(=C\c3cc(Br)cc(I)c3OCc3cccc4ccccc34)c(=O)n2[C@H]1c1ccc(OC)c(OC)c1. The summed E-state index contributed by atoms with van der Waals surface area (Å²) in [4.78, 5) is 34.0. The smallest absolute Gasteiger partial charge is 0.338 e. The zero-order valence-electron chi connectivity index (χ0n) is 28.4. The van der Waals surface area contributed by atoms with Gasteiger partial charge >= 0.3 is 5.97 Å². The van der Waals surface area contributed by atoms with Gasteiger partial charge in [-0.3, -0.25) is 9.36 Å². The molecule has 1 atom stereocenters. The summed E-state index contributed by atoms with van der Waals surface area (Å²) in [5, 5.41) is 2.25. The number of esters is 1. The lowest BCUT2D eigenvalue weighted by Crippen LogP contribution is -2.40. The molecule has 11 heteroatoms. The van der Waals surface area contributed by atoms with Gasteiger partial charge in [-0.25, -0.2) is 9.79 Å². The fraction of sp³-hybridized carbons (Fsp3) is 0.146. The van der Waals surface area contributed by atoms with Gasteiger partial charge in [0.15, 0.2) is 16.3 Å². The number of carbonyl (C=O) groups excluding carboxylic acids is 1. The second-order valence-corrected chi connectivity index (χ2v) is 14.9. The fourth-order valence-corrected chi connectivity index (χ4v) is 9.03. The molecule has 1 aromatic heterocycles. The fourth-order valence-electron chi connectivity index (χ4n) is 6.33. The molecule has 0 fully saturated rings. The molecule has 0 unspecified atom stereocenters. The Morgan fingerprint density at radius 3 is 2.46 bits per heavy atom. The minimum Gasteiger partial charge on any atom is -0.493 e. The predicted octanol–water partition coefficient (Wildman–Crippen LogP) is 8.05. The van der Waals surface area contributed by atoms with Crippen molar-refractivity contribution in [1.82, 2.24) is 4.57 Å². The molecule has 8 nitrogen and oxygen atoms in total. The maximum absolute atomic E-state index is 14.7. The van der Waals surface area contributed by atoms with Crippen molar-refractivity contribution in [3.63, 3.8) is 0 Å². The molecule has 262 valence electrons. The number of thiazole rings is 1. The summed E-state index contributed by atoms with van der Waals surface area (Å²) in [5.74, 6) is 1.06. The molecule has 0 saturated heterocycles. The zero-order valence-corrected chi connectivity index (χ0v) is 33.0. The topological polar surface area (TPSA) is 88.4 Å².